The summed E-state index contributed by atoms with van der Waals surface area (Å²) in [5.41, 5.74) is 0.900. The van der Waals surface area contributed by atoms with Crippen LogP contribution < -0.4 is 10.6 Å². The van der Waals surface area contributed by atoms with E-state index in [2.05, 4.69) is 10.6 Å². The lowest BCUT2D eigenvalue weighted by atomic mass is 10.0. The van der Waals surface area contributed by atoms with Crippen molar-refractivity contribution >= 4 is 17.8 Å². The lowest BCUT2D eigenvalue weighted by Gasteiger charge is -2.16. The Morgan fingerprint density at radius 2 is 1.74 bits per heavy atom. The van der Waals surface area contributed by atoms with Crippen molar-refractivity contribution in [3.8, 4) is 0 Å². The predicted molar refractivity (Wildman–Crippen MR) is 86.8 cm³/mol. The van der Waals surface area contributed by atoms with Gasteiger partial charge in [0, 0.05) is 13.0 Å². The molecule has 1 rings (SSSR count). The summed E-state index contributed by atoms with van der Waals surface area (Å²) in [6, 6.07) is 8.42. The van der Waals surface area contributed by atoms with E-state index in [4.69, 9.17) is 5.11 Å². The molecule has 0 aliphatic carbocycles. The van der Waals surface area contributed by atoms with Gasteiger partial charge in [0.15, 0.2) is 0 Å². The first-order chi connectivity index (χ1) is 10.9. The van der Waals surface area contributed by atoms with Crippen molar-refractivity contribution in [2.75, 3.05) is 6.54 Å². The van der Waals surface area contributed by atoms with E-state index in [0.717, 1.165) is 5.56 Å². The highest BCUT2D eigenvalue weighted by molar-refractivity contribution is 5.84. The maximum Gasteiger partial charge on any atom is 0.326 e. The van der Waals surface area contributed by atoms with Crippen molar-refractivity contribution in [1.29, 1.82) is 0 Å². The molecular formula is C17H24N2O4. The van der Waals surface area contributed by atoms with Crippen LogP contribution >= 0.6 is 0 Å². The second kappa shape index (κ2) is 9.61. The van der Waals surface area contributed by atoms with Gasteiger partial charge in [-0.05, 0) is 17.9 Å². The molecule has 6 heteroatoms. The van der Waals surface area contributed by atoms with Gasteiger partial charge in [0.25, 0.3) is 0 Å². The van der Waals surface area contributed by atoms with Crippen molar-refractivity contribution < 1.29 is 19.5 Å². The molecule has 1 aromatic carbocycles. The predicted octanol–water partition coefficient (Wildman–Crippen LogP) is 1.35. The zero-order valence-corrected chi connectivity index (χ0v) is 13.5. The van der Waals surface area contributed by atoms with Gasteiger partial charge in [0.2, 0.25) is 11.8 Å². The fraction of sp³-hybridized carbons (Fsp3) is 0.471. The minimum atomic E-state index is -1.04. The fourth-order valence-corrected chi connectivity index (χ4v) is 2.12. The van der Waals surface area contributed by atoms with Crippen molar-refractivity contribution in [2.24, 2.45) is 5.92 Å². The molecule has 1 aromatic rings. The molecular weight excluding hydrogens is 296 g/mol. The summed E-state index contributed by atoms with van der Waals surface area (Å²) in [7, 11) is 0. The lowest BCUT2D eigenvalue weighted by molar-refractivity contribution is -0.142. The quantitative estimate of drug-likeness (QED) is 0.640. The minimum Gasteiger partial charge on any atom is -0.480 e. The van der Waals surface area contributed by atoms with Crippen molar-refractivity contribution in [3.05, 3.63) is 35.9 Å². The van der Waals surface area contributed by atoms with Crippen LogP contribution in [-0.4, -0.2) is 35.5 Å². The zero-order valence-electron chi connectivity index (χ0n) is 13.5. The van der Waals surface area contributed by atoms with E-state index in [1.807, 2.05) is 44.2 Å². The summed E-state index contributed by atoms with van der Waals surface area (Å²) in [6.45, 7) is 3.98. The smallest absolute Gasteiger partial charge is 0.326 e. The summed E-state index contributed by atoms with van der Waals surface area (Å²) in [5, 5.41) is 14.2. The number of carbonyl (C=O) groups excluding carboxylic acids is 2. The monoisotopic (exact) mass is 320 g/mol. The van der Waals surface area contributed by atoms with Crippen molar-refractivity contribution in [3.63, 3.8) is 0 Å². The Balaban J connectivity index is 2.30. The Kier molecular flexibility index (Phi) is 7.80. The van der Waals surface area contributed by atoms with Crippen LogP contribution in [0.3, 0.4) is 0 Å². The highest BCUT2D eigenvalue weighted by Crippen LogP contribution is 2.05. The Hall–Kier alpha value is -2.37. The second-order valence-corrected chi connectivity index (χ2v) is 5.85. The van der Waals surface area contributed by atoms with Crippen LogP contribution in [-0.2, 0) is 20.8 Å². The number of benzene rings is 1. The van der Waals surface area contributed by atoms with Gasteiger partial charge in [0.1, 0.15) is 6.04 Å². The van der Waals surface area contributed by atoms with Crippen LogP contribution in [0.25, 0.3) is 0 Å². The number of rotatable bonds is 9. The zero-order chi connectivity index (χ0) is 17.2. The maximum absolute atomic E-state index is 11.8. The van der Waals surface area contributed by atoms with Gasteiger partial charge < -0.3 is 15.7 Å². The Labute approximate surface area is 136 Å². The van der Waals surface area contributed by atoms with Crippen molar-refractivity contribution in [2.45, 2.75) is 39.2 Å². The molecule has 0 fully saturated rings. The molecule has 6 nitrogen and oxygen atoms in total. The number of amides is 2. The summed E-state index contributed by atoms with van der Waals surface area (Å²) in [6.07, 6.45) is 0.692. The Bertz CT molecular complexity index is 529. The van der Waals surface area contributed by atoms with Crippen LogP contribution in [0, 0.1) is 5.92 Å². The van der Waals surface area contributed by atoms with Crippen LogP contribution in [0.1, 0.15) is 32.3 Å². The fourth-order valence-electron chi connectivity index (χ4n) is 2.12. The molecule has 0 aliphatic heterocycles. The SMILES string of the molecule is CC(C)C[C@@H](NC(=O)CCNC(=O)Cc1ccccc1)C(=O)O. The third kappa shape index (κ3) is 7.99. The largest absolute Gasteiger partial charge is 0.480 e. The molecule has 126 valence electrons. The summed E-state index contributed by atoms with van der Waals surface area (Å²) in [5.74, 6) is -1.42. The number of carboxylic acid groups (broad SMARTS) is 1. The van der Waals surface area contributed by atoms with E-state index in [-0.39, 0.29) is 37.1 Å². The van der Waals surface area contributed by atoms with Gasteiger partial charge in [-0.15, -0.1) is 0 Å². The molecule has 0 aromatic heterocycles. The molecule has 2 amide bonds. The average Bonchev–Trinajstić information content (AvgIpc) is 2.47. The van der Waals surface area contributed by atoms with Gasteiger partial charge in [-0.1, -0.05) is 44.2 Å². The molecule has 0 heterocycles. The number of aliphatic carboxylic acids is 1. The number of nitrogens with one attached hydrogen (secondary N) is 2. The maximum atomic E-state index is 11.8. The number of carboxylic acids is 1. The third-order valence-corrected chi connectivity index (χ3v) is 3.22. The van der Waals surface area contributed by atoms with Gasteiger partial charge >= 0.3 is 5.97 Å². The van der Waals surface area contributed by atoms with E-state index in [1.54, 1.807) is 0 Å². The first kappa shape index (κ1) is 18.7. The minimum absolute atomic E-state index is 0.0579. The summed E-state index contributed by atoms with van der Waals surface area (Å²) < 4.78 is 0. The molecule has 0 bridgehead atoms. The van der Waals surface area contributed by atoms with E-state index in [1.165, 1.54) is 0 Å². The van der Waals surface area contributed by atoms with Gasteiger partial charge in [-0.25, -0.2) is 4.79 Å². The molecule has 0 aliphatic rings. The Morgan fingerprint density at radius 3 is 2.30 bits per heavy atom. The molecule has 1 atom stereocenters. The van der Waals surface area contributed by atoms with Gasteiger partial charge in [-0.3, -0.25) is 9.59 Å². The summed E-state index contributed by atoms with van der Waals surface area (Å²) in [4.78, 5) is 34.6. The van der Waals surface area contributed by atoms with Crippen LogP contribution in [0.5, 0.6) is 0 Å². The first-order valence-electron chi connectivity index (χ1n) is 7.71. The standard InChI is InChI=1S/C17H24N2O4/c1-12(2)10-14(17(22)23)19-15(20)8-9-18-16(21)11-13-6-4-3-5-7-13/h3-7,12,14H,8-11H2,1-2H3,(H,18,21)(H,19,20)(H,22,23)/t14-/m1/s1. The van der Waals surface area contributed by atoms with Gasteiger partial charge in [-0.2, -0.15) is 0 Å². The number of carbonyl (C=O) groups is 3. The van der Waals surface area contributed by atoms with Crippen LogP contribution in [0.4, 0.5) is 0 Å². The molecule has 3 N–H and O–H groups in total. The topological polar surface area (TPSA) is 95.5 Å². The van der Waals surface area contributed by atoms with E-state index in [0.29, 0.717) is 6.42 Å². The number of hydrogen-bond donors (Lipinski definition) is 3. The number of hydrogen-bond acceptors (Lipinski definition) is 3. The second-order valence-electron chi connectivity index (χ2n) is 5.85. The molecule has 0 spiro atoms. The van der Waals surface area contributed by atoms with E-state index in [9.17, 15) is 14.4 Å². The first-order valence-corrected chi connectivity index (χ1v) is 7.71. The normalized spacial score (nSPS) is 11.8. The van der Waals surface area contributed by atoms with Crippen molar-refractivity contribution in [1.82, 2.24) is 10.6 Å². The highest BCUT2D eigenvalue weighted by Gasteiger charge is 2.20. The molecule has 0 unspecified atom stereocenters. The molecule has 0 saturated heterocycles. The van der Waals surface area contributed by atoms with E-state index >= 15 is 0 Å². The highest BCUT2D eigenvalue weighted by atomic mass is 16.4. The van der Waals surface area contributed by atoms with Crippen LogP contribution in [0.15, 0.2) is 30.3 Å². The third-order valence-electron chi connectivity index (χ3n) is 3.22. The molecule has 0 saturated carbocycles. The lowest BCUT2D eigenvalue weighted by Crippen LogP contribution is -2.42. The molecule has 0 radical (unpaired) electrons. The molecule has 23 heavy (non-hydrogen) atoms. The van der Waals surface area contributed by atoms with E-state index < -0.39 is 12.0 Å². The van der Waals surface area contributed by atoms with Gasteiger partial charge in [0.05, 0.1) is 6.42 Å². The van der Waals surface area contributed by atoms with Crippen LogP contribution in [0.2, 0.25) is 0 Å². The summed E-state index contributed by atoms with van der Waals surface area (Å²) >= 11 is 0. The Morgan fingerprint density at radius 1 is 1.09 bits per heavy atom. The average molecular weight is 320 g/mol.